The van der Waals surface area contributed by atoms with Crippen molar-refractivity contribution in [3.8, 4) is 0 Å². The van der Waals surface area contributed by atoms with Crippen LogP contribution in [0.5, 0.6) is 0 Å². The SMILES string of the molecule is C=CC[C@](OC)(C(C)C)C(C)(C)C. The summed E-state index contributed by atoms with van der Waals surface area (Å²) < 4.78 is 5.73. The third kappa shape index (κ3) is 2.34. The molecule has 0 fully saturated rings. The second kappa shape index (κ2) is 4.28. The fraction of sp³-hybridized carbons (Fsp3) is 0.833. The maximum absolute atomic E-state index is 5.73. The molecule has 0 bridgehead atoms. The average Bonchev–Trinajstić information content (AvgIpc) is 1.96. The molecule has 0 aliphatic carbocycles. The molecule has 0 aliphatic heterocycles. The summed E-state index contributed by atoms with van der Waals surface area (Å²) in [6.45, 7) is 14.9. The Hall–Kier alpha value is -0.300. The van der Waals surface area contributed by atoms with Gasteiger partial charge in [-0.25, -0.2) is 0 Å². The lowest BCUT2D eigenvalue weighted by molar-refractivity contribution is -0.122. The van der Waals surface area contributed by atoms with Crippen LogP contribution < -0.4 is 0 Å². The summed E-state index contributed by atoms with van der Waals surface area (Å²) >= 11 is 0. The van der Waals surface area contributed by atoms with Crippen LogP contribution in [0.2, 0.25) is 0 Å². The topological polar surface area (TPSA) is 9.23 Å². The lowest BCUT2D eigenvalue weighted by Crippen LogP contribution is -2.48. The van der Waals surface area contributed by atoms with Crippen LogP contribution in [0.4, 0.5) is 0 Å². The van der Waals surface area contributed by atoms with E-state index in [0.29, 0.717) is 5.92 Å². The Morgan fingerprint density at radius 1 is 1.31 bits per heavy atom. The van der Waals surface area contributed by atoms with Gasteiger partial charge in [0.25, 0.3) is 0 Å². The van der Waals surface area contributed by atoms with Gasteiger partial charge in [-0.05, 0) is 17.8 Å². The van der Waals surface area contributed by atoms with Gasteiger partial charge in [0.2, 0.25) is 0 Å². The fourth-order valence-corrected chi connectivity index (χ4v) is 2.25. The average molecular weight is 184 g/mol. The van der Waals surface area contributed by atoms with Crippen molar-refractivity contribution in [2.24, 2.45) is 11.3 Å². The summed E-state index contributed by atoms with van der Waals surface area (Å²) in [6, 6.07) is 0. The molecule has 0 saturated carbocycles. The molecule has 0 unspecified atom stereocenters. The summed E-state index contributed by atoms with van der Waals surface area (Å²) in [5.41, 5.74) is 0.0544. The number of methoxy groups -OCH3 is 1. The maximum Gasteiger partial charge on any atom is 0.0783 e. The van der Waals surface area contributed by atoms with Crippen molar-refractivity contribution in [2.75, 3.05) is 7.11 Å². The van der Waals surface area contributed by atoms with Gasteiger partial charge in [-0.1, -0.05) is 40.7 Å². The monoisotopic (exact) mass is 184 g/mol. The maximum atomic E-state index is 5.73. The molecular weight excluding hydrogens is 160 g/mol. The Kier molecular flexibility index (Phi) is 4.18. The predicted molar refractivity (Wildman–Crippen MR) is 58.8 cm³/mol. The molecule has 0 radical (unpaired) electrons. The molecule has 0 aromatic heterocycles. The fourth-order valence-electron chi connectivity index (χ4n) is 2.25. The van der Waals surface area contributed by atoms with E-state index >= 15 is 0 Å². The van der Waals surface area contributed by atoms with Crippen molar-refractivity contribution >= 4 is 0 Å². The lowest BCUT2D eigenvalue weighted by Gasteiger charge is -2.46. The zero-order valence-corrected chi connectivity index (χ0v) is 9.98. The molecule has 1 nitrogen and oxygen atoms in total. The van der Waals surface area contributed by atoms with Crippen molar-refractivity contribution in [2.45, 2.75) is 46.6 Å². The molecule has 0 spiro atoms. The van der Waals surface area contributed by atoms with Gasteiger partial charge in [-0.3, -0.25) is 0 Å². The molecule has 0 aliphatic rings. The van der Waals surface area contributed by atoms with E-state index < -0.39 is 0 Å². The van der Waals surface area contributed by atoms with E-state index in [1.165, 1.54) is 0 Å². The molecule has 0 aromatic carbocycles. The van der Waals surface area contributed by atoms with Crippen molar-refractivity contribution < 1.29 is 4.74 Å². The number of hydrogen-bond acceptors (Lipinski definition) is 1. The molecule has 1 atom stereocenters. The van der Waals surface area contributed by atoms with Crippen LogP contribution in [0, 0.1) is 11.3 Å². The van der Waals surface area contributed by atoms with Crippen LogP contribution in [0.25, 0.3) is 0 Å². The summed E-state index contributed by atoms with van der Waals surface area (Å²) in [5, 5.41) is 0. The van der Waals surface area contributed by atoms with Crippen LogP contribution >= 0.6 is 0 Å². The highest BCUT2D eigenvalue weighted by atomic mass is 16.5. The van der Waals surface area contributed by atoms with E-state index in [0.717, 1.165) is 6.42 Å². The third-order valence-corrected chi connectivity index (χ3v) is 3.01. The zero-order valence-electron chi connectivity index (χ0n) is 9.98. The first-order valence-electron chi connectivity index (χ1n) is 4.98. The van der Waals surface area contributed by atoms with Crippen LogP contribution in [0.3, 0.4) is 0 Å². The largest absolute Gasteiger partial charge is 0.377 e. The molecule has 0 saturated heterocycles. The molecule has 0 heterocycles. The summed E-state index contributed by atoms with van der Waals surface area (Å²) in [6.07, 6.45) is 2.86. The van der Waals surface area contributed by atoms with Crippen LogP contribution in [0.1, 0.15) is 41.0 Å². The predicted octanol–water partition coefficient (Wildman–Crippen LogP) is 3.65. The number of rotatable bonds is 4. The van der Waals surface area contributed by atoms with Crippen molar-refractivity contribution in [3.63, 3.8) is 0 Å². The highest BCUT2D eigenvalue weighted by Crippen LogP contribution is 2.42. The van der Waals surface area contributed by atoms with Gasteiger partial charge < -0.3 is 4.74 Å². The lowest BCUT2D eigenvalue weighted by atomic mass is 9.68. The minimum Gasteiger partial charge on any atom is -0.377 e. The van der Waals surface area contributed by atoms with Crippen LogP contribution in [-0.2, 0) is 4.74 Å². The van der Waals surface area contributed by atoms with E-state index in [1.54, 1.807) is 7.11 Å². The Bertz CT molecular complexity index is 164. The van der Waals surface area contributed by atoms with E-state index in [1.807, 2.05) is 6.08 Å². The van der Waals surface area contributed by atoms with Gasteiger partial charge in [0.15, 0.2) is 0 Å². The minimum atomic E-state index is -0.0885. The molecule has 1 heteroatoms. The van der Waals surface area contributed by atoms with E-state index in [-0.39, 0.29) is 11.0 Å². The van der Waals surface area contributed by atoms with Crippen LogP contribution in [0.15, 0.2) is 12.7 Å². The zero-order chi connectivity index (χ0) is 10.7. The summed E-state index contributed by atoms with van der Waals surface area (Å²) in [4.78, 5) is 0. The van der Waals surface area contributed by atoms with Gasteiger partial charge in [-0.15, -0.1) is 6.58 Å². The molecule has 78 valence electrons. The van der Waals surface area contributed by atoms with Gasteiger partial charge in [0, 0.05) is 7.11 Å². The Labute approximate surface area is 83.2 Å². The standard InChI is InChI=1S/C12H24O/c1-8-9-12(13-7,10(2)3)11(4,5)6/h8,10H,1,9H2,2-7H3/t12-/m0/s1. The molecule has 0 rings (SSSR count). The molecule has 0 aromatic rings. The first-order chi connectivity index (χ1) is 5.81. The van der Waals surface area contributed by atoms with E-state index in [2.05, 4.69) is 41.2 Å². The minimum absolute atomic E-state index is 0.0885. The Morgan fingerprint density at radius 3 is 1.85 bits per heavy atom. The van der Waals surface area contributed by atoms with Gasteiger partial charge >= 0.3 is 0 Å². The normalized spacial score (nSPS) is 17.2. The van der Waals surface area contributed by atoms with Gasteiger partial charge in [-0.2, -0.15) is 0 Å². The molecular formula is C12H24O. The molecule has 13 heavy (non-hydrogen) atoms. The smallest absolute Gasteiger partial charge is 0.0783 e. The van der Waals surface area contributed by atoms with Gasteiger partial charge in [0.1, 0.15) is 0 Å². The second-order valence-electron chi connectivity index (χ2n) is 4.99. The molecule has 0 N–H and O–H groups in total. The Balaban J connectivity index is 4.97. The Morgan fingerprint density at radius 2 is 1.77 bits per heavy atom. The third-order valence-electron chi connectivity index (χ3n) is 3.01. The second-order valence-corrected chi connectivity index (χ2v) is 4.99. The first kappa shape index (κ1) is 12.7. The number of hydrogen-bond donors (Lipinski definition) is 0. The van der Waals surface area contributed by atoms with E-state index in [4.69, 9.17) is 4.74 Å². The van der Waals surface area contributed by atoms with Crippen molar-refractivity contribution in [1.82, 2.24) is 0 Å². The van der Waals surface area contributed by atoms with Gasteiger partial charge in [0.05, 0.1) is 5.60 Å². The van der Waals surface area contributed by atoms with E-state index in [9.17, 15) is 0 Å². The molecule has 0 amide bonds. The number of ether oxygens (including phenoxy) is 1. The quantitative estimate of drug-likeness (QED) is 0.606. The van der Waals surface area contributed by atoms with Crippen molar-refractivity contribution in [3.05, 3.63) is 12.7 Å². The highest BCUT2D eigenvalue weighted by Gasteiger charge is 2.43. The first-order valence-corrected chi connectivity index (χ1v) is 4.98. The van der Waals surface area contributed by atoms with Crippen LogP contribution in [-0.4, -0.2) is 12.7 Å². The summed E-state index contributed by atoms with van der Waals surface area (Å²) in [5.74, 6) is 0.496. The van der Waals surface area contributed by atoms with Crippen molar-refractivity contribution in [1.29, 1.82) is 0 Å². The summed E-state index contributed by atoms with van der Waals surface area (Å²) in [7, 11) is 1.80. The highest BCUT2D eigenvalue weighted by molar-refractivity contribution is 4.98.